The minimum atomic E-state index is -0.392. The third-order valence-electron chi connectivity index (χ3n) is 2.90. The molecule has 1 fully saturated rings. The van der Waals surface area contributed by atoms with Gasteiger partial charge in [-0.1, -0.05) is 6.58 Å². The van der Waals surface area contributed by atoms with Gasteiger partial charge in [-0.2, -0.15) is 0 Å². The van der Waals surface area contributed by atoms with Crippen LogP contribution in [0.5, 0.6) is 0 Å². The Hall–Kier alpha value is -1.29. The lowest BCUT2D eigenvalue weighted by Crippen LogP contribution is -2.65. The highest BCUT2D eigenvalue weighted by Gasteiger charge is 2.50. The smallest absolute Gasteiger partial charge is 0.267 e. The number of likely N-dealkylation sites (N-methyl/N-ethyl adjacent to an activating group) is 2. The van der Waals surface area contributed by atoms with E-state index in [1.54, 1.807) is 7.05 Å². The number of carbonyl (C=O) groups is 2. The molecule has 1 heterocycles. The summed E-state index contributed by atoms with van der Waals surface area (Å²) in [6.07, 6.45) is 0. The van der Waals surface area contributed by atoms with Crippen molar-refractivity contribution in [3.63, 3.8) is 0 Å². The Kier molecular flexibility index (Phi) is 3.43. The lowest BCUT2D eigenvalue weighted by atomic mass is 10.1. The van der Waals surface area contributed by atoms with Gasteiger partial charge in [0.25, 0.3) is 11.0 Å². The lowest BCUT2D eigenvalue weighted by molar-refractivity contribution is -0.740. The van der Waals surface area contributed by atoms with Gasteiger partial charge in [-0.15, -0.1) is 5.73 Å². The molecule has 0 aliphatic carbocycles. The fourth-order valence-corrected chi connectivity index (χ4v) is 2.05. The van der Waals surface area contributed by atoms with Crippen molar-refractivity contribution in [3.05, 3.63) is 17.9 Å². The van der Waals surface area contributed by atoms with Crippen LogP contribution in [0, 0.1) is 0 Å². The topological polar surface area (TPSA) is 37.4 Å². The van der Waals surface area contributed by atoms with E-state index in [1.807, 2.05) is 13.8 Å². The molecule has 4 nitrogen and oxygen atoms in total. The van der Waals surface area contributed by atoms with Gasteiger partial charge >= 0.3 is 5.91 Å². The van der Waals surface area contributed by atoms with Gasteiger partial charge in [-0.25, -0.2) is 9.28 Å². The number of thiocarbonyl (C=S) groups is 1. The van der Waals surface area contributed by atoms with E-state index in [0.717, 1.165) is 0 Å². The molecule has 1 aliphatic rings. The predicted molar refractivity (Wildman–Crippen MR) is 64.4 cm³/mol. The highest BCUT2D eigenvalue weighted by Crippen LogP contribution is 2.22. The van der Waals surface area contributed by atoms with Crippen LogP contribution in [-0.4, -0.2) is 46.4 Å². The van der Waals surface area contributed by atoms with Crippen LogP contribution in [0.1, 0.15) is 13.8 Å². The van der Waals surface area contributed by atoms with Crippen molar-refractivity contribution in [2.45, 2.75) is 13.8 Å². The van der Waals surface area contributed by atoms with Gasteiger partial charge in [0.05, 0.1) is 13.6 Å². The van der Waals surface area contributed by atoms with E-state index in [0.29, 0.717) is 18.2 Å². The number of nitrogens with zero attached hydrogens (tertiary/aromatic N) is 2. The van der Waals surface area contributed by atoms with E-state index in [9.17, 15) is 9.59 Å². The number of quaternary nitrogens is 1. The largest absolute Gasteiger partial charge is 0.366 e. The van der Waals surface area contributed by atoms with Gasteiger partial charge in [0, 0.05) is 18.8 Å². The first-order chi connectivity index (χ1) is 7.43. The molecule has 2 amide bonds. The molecule has 1 aliphatic heterocycles. The second-order valence-corrected chi connectivity index (χ2v) is 4.06. The van der Waals surface area contributed by atoms with Crippen molar-refractivity contribution in [2.75, 3.05) is 20.1 Å². The second-order valence-electron chi connectivity index (χ2n) is 3.70. The molecule has 0 spiro atoms. The molecular weight excluding hydrogens is 224 g/mol. The van der Waals surface area contributed by atoms with Gasteiger partial charge in [0.2, 0.25) is 0 Å². The molecule has 1 atom stereocenters. The molecule has 1 rings (SSSR count). The van der Waals surface area contributed by atoms with Crippen molar-refractivity contribution in [1.29, 1.82) is 0 Å². The minimum Gasteiger partial charge on any atom is -0.267 e. The van der Waals surface area contributed by atoms with Crippen LogP contribution in [0.2, 0.25) is 0 Å². The van der Waals surface area contributed by atoms with E-state index in [1.165, 1.54) is 4.90 Å². The maximum absolute atomic E-state index is 12.1. The Morgan fingerprint density at radius 3 is 2.38 bits per heavy atom. The molecule has 1 saturated heterocycles. The number of carbonyl (C=O) groups excluding carboxylic acids is 2. The summed E-state index contributed by atoms with van der Waals surface area (Å²) in [6, 6.07) is 0. The molecule has 0 radical (unpaired) electrons. The van der Waals surface area contributed by atoms with Crippen LogP contribution in [-0.2, 0) is 9.59 Å². The summed E-state index contributed by atoms with van der Waals surface area (Å²) in [5, 5.41) is 0.346. The van der Waals surface area contributed by atoms with Crippen LogP contribution in [0.3, 0.4) is 0 Å². The van der Waals surface area contributed by atoms with E-state index in [2.05, 4.69) is 12.3 Å². The molecule has 1 unspecified atom stereocenters. The Morgan fingerprint density at radius 2 is 2.00 bits per heavy atom. The van der Waals surface area contributed by atoms with E-state index < -0.39 is 5.91 Å². The summed E-state index contributed by atoms with van der Waals surface area (Å²) < 4.78 is -0.0627. The Labute approximate surface area is 100 Å². The standard InChI is InChI=1S/C11H15N2O2S/c1-5-8-9(14)12(6-2)11(16)13(4,7-3)10(8)15/h1,6-7H2,2-4H3/q+1. The summed E-state index contributed by atoms with van der Waals surface area (Å²) in [5.41, 5.74) is 2.43. The van der Waals surface area contributed by atoms with Crippen molar-refractivity contribution in [3.8, 4) is 0 Å². The summed E-state index contributed by atoms with van der Waals surface area (Å²) in [4.78, 5) is 25.4. The zero-order chi connectivity index (χ0) is 12.5. The summed E-state index contributed by atoms with van der Waals surface area (Å²) in [7, 11) is 1.71. The van der Waals surface area contributed by atoms with E-state index >= 15 is 0 Å². The molecule has 5 heteroatoms. The predicted octanol–water partition coefficient (Wildman–Crippen LogP) is 0.838. The Morgan fingerprint density at radius 1 is 1.44 bits per heavy atom. The number of hydrogen-bond acceptors (Lipinski definition) is 3. The van der Waals surface area contributed by atoms with Crippen molar-refractivity contribution in [2.24, 2.45) is 0 Å². The third-order valence-corrected chi connectivity index (χ3v) is 3.52. The molecule has 0 N–H and O–H groups in total. The van der Waals surface area contributed by atoms with Gasteiger partial charge in [-0.05, 0) is 13.8 Å². The average molecular weight is 239 g/mol. The van der Waals surface area contributed by atoms with E-state index in [-0.39, 0.29) is 16.0 Å². The Bertz CT molecular complexity index is 424. The lowest BCUT2D eigenvalue weighted by Gasteiger charge is -2.38. The molecule has 0 bridgehead atoms. The first-order valence-electron chi connectivity index (χ1n) is 5.10. The summed E-state index contributed by atoms with van der Waals surface area (Å²) in [6.45, 7) is 8.03. The molecular formula is C11H15N2O2S+. The first-order valence-corrected chi connectivity index (χ1v) is 5.51. The van der Waals surface area contributed by atoms with Gasteiger partial charge < -0.3 is 0 Å². The maximum Gasteiger partial charge on any atom is 0.366 e. The number of rotatable bonds is 2. The maximum atomic E-state index is 12.1. The monoisotopic (exact) mass is 239 g/mol. The molecule has 0 aromatic rings. The van der Waals surface area contributed by atoms with Gasteiger partial charge in [0.1, 0.15) is 0 Å². The average Bonchev–Trinajstić information content (AvgIpc) is 2.28. The highest BCUT2D eigenvalue weighted by molar-refractivity contribution is 7.80. The normalized spacial score (nSPS) is 26.1. The fraction of sp³-hybridized carbons (Fsp3) is 0.455. The Balaban J connectivity index is 3.38. The molecule has 16 heavy (non-hydrogen) atoms. The SMILES string of the molecule is C=C=C1C(=O)N(CC)C(=S)[N+](C)(CC)C1=O. The quantitative estimate of drug-likeness (QED) is 0.235. The number of amides is 2. The summed E-state index contributed by atoms with van der Waals surface area (Å²) in [5.74, 6) is -0.714. The summed E-state index contributed by atoms with van der Waals surface area (Å²) >= 11 is 5.21. The first kappa shape index (κ1) is 12.8. The van der Waals surface area contributed by atoms with E-state index in [4.69, 9.17) is 12.2 Å². The fourth-order valence-electron chi connectivity index (χ4n) is 1.62. The zero-order valence-electron chi connectivity index (χ0n) is 9.74. The van der Waals surface area contributed by atoms with Crippen LogP contribution in [0.15, 0.2) is 17.9 Å². The van der Waals surface area contributed by atoms with Gasteiger partial charge in [-0.3, -0.25) is 9.69 Å². The highest BCUT2D eigenvalue weighted by atomic mass is 32.1. The molecule has 86 valence electrons. The van der Waals surface area contributed by atoms with Crippen molar-refractivity contribution in [1.82, 2.24) is 4.90 Å². The molecule has 0 aromatic carbocycles. The van der Waals surface area contributed by atoms with Crippen LogP contribution in [0.4, 0.5) is 0 Å². The zero-order valence-corrected chi connectivity index (χ0v) is 10.6. The van der Waals surface area contributed by atoms with Crippen LogP contribution in [0.25, 0.3) is 0 Å². The number of hydrogen-bond donors (Lipinski definition) is 0. The van der Waals surface area contributed by atoms with Crippen LogP contribution >= 0.6 is 12.2 Å². The molecule has 0 aromatic heterocycles. The van der Waals surface area contributed by atoms with Crippen LogP contribution < -0.4 is 0 Å². The van der Waals surface area contributed by atoms with Crippen molar-refractivity contribution >= 4 is 29.1 Å². The van der Waals surface area contributed by atoms with Crippen molar-refractivity contribution < 1.29 is 14.1 Å². The second kappa shape index (κ2) is 4.29. The molecule has 0 saturated carbocycles. The minimum absolute atomic E-state index is 0.000185. The third kappa shape index (κ3) is 1.53. The van der Waals surface area contributed by atoms with Gasteiger partial charge in [0.15, 0.2) is 5.57 Å².